The maximum atomic E-state index is 14.4. The Balaban J connectivity index is 1.26. The third-order valence-electron chi connectivity index (χ3n) is 8.51. The van der Waals surface area contributed by atoms with E-state index in [2.05, 4.69) is 56.3 Å². The van der Waals surface area contributed by atoms with Crippen LogP contribution in [0.3, 0.4) is 0 Å². The second-order valence-electron chi connectivity index (χ2n) is 11.0. The highest BCUT2D eigenvalue weighted by atomic mass is 35.5. The lowest BCUT2D eigenvalue weighted by atomic mass is 10.0. The molecule has 5 heterocycles. The molecular formula is C31H32ClFN8O2S. The number of methoxy groups -OCH3 is 1. The number of fused-ring (bicyclic) bond motifs is 2. The molecule has 10 nitrogen and oxygen atoms in total. The van der Waals surface area contributed by atoms with Crippen LogP contribution in [0.15, 0.2) is 54.4 Å². The second kappa shape index (κ2) is 11.8. The summed E-state index contributed by atoms with van der Waals surface area (Å²) < 4.78 is 23.6. The fraction of sp³-hybridized carbons (Fsp3) is 0.355. The number of imidazole rings is 1. The number of likely N-dealkylation sites (N-methyl/N-ethyl adjacent to an activating group) is 1. The highest BCUT2D eigenvalue weighted by molar-refractivity contribution is 7.13. The van der Waals surface area contributed by atoms with Gasteiger partial charge in [-0.2, -0.15) is 5.10 Å². The smallest absolute Gasteiger partial charge is 0.257 e. The molecule has 1 fully saturated rings. The molecule has 228 valence electrons. The SMILES string of the molecule is CCN1CCN(c2ccc(-c3cc(Cl)c4cn(C(C(=O)Nc5nccs5)c5ncn6c5CC(F)C6)nc4c3OC)cc2)CC1. The summed E-state index contributed by atoms with van der Waals surface area (Å²) in [6, 6.07) is 9.29. The number of thiazole rings is 1. The summed E-state index contributed by atoms with van der Waals surface area (Å²) in [5.74, 6) is 0.160. The van der Waals surface area contributed by atoms with Crippen LogP contribution in [0.25, 0.3) is 22.0 Å². The van der Waals surface area contributed by atoms with E-state index < -0.39 is 12.2 Å². The molecule has 2 atom stereocenters. The van der Waals surface area contributed by atoms with E-state index in [-0.39, 0.29) is 18.9 Å². The van der Waals surface area contributed by atoms with Gasteiger partial charge in [-0.3, -0.25) is 14.8 Å². The molecule has 1 N–H and O–H groups in total. The van der Waals surface area contributed by atoms with E-state index in [0.29, 0.717) is 38.2 Å². The minimum absolute atomic E-state index is 0.176. The Labute approximate surface area is 263 Å². The molecule has 0 aliphatic carbocycles. The number of amides is 1. The number of nitrogens with one attached hydrogen (secondary N) is 1. The first-order valence-corrected chi connectivity index (χ1v) is 15.9. The summed E-state index contributed by atoms with van der Waals surface area (Å²) in [4.78, 5) is 27.4. The van der Waals surface area contributed by atoms with E-state index in [9.17, 15) is 9.18 Å². The van der Waals surface area contributed by atoms with Gasteiger partial charge in [0.1, 0.15) is 11.7 Å². The first kappa shape index (κ1) is 28.8. The van der Waals surface area contributed by atoms with Gasteiger partial charge in [0.05, 0.1) is 30.7 Å². The van der Waals surface area contributed by atoms with Gasteiger partial charge in [-0.25, -0.2) is 14.4 Å². The third kappa shape index (κ3) is 5.20. The van der Waals surface area contributed by atoms with Crippen molar-refractivity contribution in [3.8, 4) is 16.9 Å². The fourth-order valence-corrected chi connectivity index (χ4v) is 6.99. The molecule has 0 spiro atoms. The first-order valence-electron chi connectivity index (χ1n) is 14.6. The molecule has 2 aliphatic heterocycles. The van der Waals surface area contributed by atoms with Crippen molar-refractivity contribution in [1.29, 1.82) is 0 Å². The van der Waals surface area contributed by atoms with E-state index in [0.717, 1.165) is 43.9 Å². The van der Waals surface area contributed by atoms with Gasteiger partial charge in [0.15, 0.2) is 16.9 Å². The van der Waals surface area contributed by atoms with Gasteiger partial charge in [0.25, 0.3) is 5.91 Å². The molecular weight excluding hydrogens is 603 g/mol. The number of carbonyl (C=O) groups excluding carboxylic acids is 1. The highest BCUT2D eigenvalue weighted by Gasteiger charge is 2.35. The van der Waals surface area contributed by atoms with Crippen LogP contribution >= 0.6 is 22.9 Å². The van der Waals surface area contributed by atoms with Crippen molar-refractivity contribution in [3.05, 3.63) is 70.8 Å². The molecule has 0 radical (unpaired) electrons. The van der Waals surface area contributed by atoms with E-state index in [1.165, 1.54) is 17.0 Å². The van der Waals surface area contributed by atoms with E-state index in [1.54, 1.807) is 40.5 Å². The van der Waals surface area contributed by atoms with Crippen LogP contribution in [0.5, 0.6) is 5.75 Å². The molecule has 1 saturated heterocycles. The van der Waals surface area contributed by atoms with Crippen LogP contribution in [0.4, 0.5) is 15.2 Å². The number of piperazine rings is 1. The Hall–Kier alpha value is -4.00. The molecule has 1 amide bonds. The minimum Gasteiger partial charge on any atom is -0.494 e. The number of anilines is 2. The monoisotopic (exact) mass is 634 g/mol. The van der Waals surface area contributed by atoms with E-state index in [1.807, 2.05) is 6.07 Å². The number of rotatable bonds is 8. The first-order chi connectivity index (χ1) is 21.4. The zero-order chi connectivity index (χ0) is 30.4. The van der Waals surface area contributed by atoms with Crippen molar-refractivity contribution in [2.45, 2.75) is 32.1 Å². The molecule has 0 bridgehead atoms. The number of ether oxygens (including phenoxy) is 1. The van der Waals surface area contributed by atoms with Crippen molar-refractivity contribution in [2.75, 3.05) is 50.1 Å². The summed E-state index contributed by atoms with van der Waals surface area (Å²) >= 11 is 8.18. The molecule has 44 heavy (non-hydrogen) atoms. The van der Waals surface area contributed by atoms with Crippen molar-refractivity contribution in [3.63, 3.8) is 0 Å². The Morgan fingerprint density at radius 1 is 1.20 bits per heavy atom. The second-order valence-corrected chi connectivity index (χ2v) is 12.3. The van der Waals surface area contributed by atoms with Crippen molar-refractivity contribution in [1.82, 2.24) is 29.2 Å². The van der Waals surface area contributed by atoms with Gasteiger partial charge in [-0.15, -0.1) is 11.3 Å². The van der Waals surface area contributed by atoms with Gasteiger partial charge in [0, 0.05) is 72.7 Å². The molecule has 2 unspecified atom stereocenters. The topological polar surface area (TPSA) is 93.3 Å². The zero-order valence-electron chi connectivity index (χ0n) is 24.4. The molecule has 2 aliphatic rings. The Morgan fingerprint density at radius 3 is 2.70 bits per heavy atom. The fourth-order valence-electron chi connectivity index (χ4n) is 6.21. The van der Waals surface area contributed by atoms with Crippen LogP contribution < -0.4 is 15.0 Å². The minimum atomic E-state index is -1.03. The maximum absolute atomic E-state index is 14.4. The standard InChI is InChI=1S/C31H32ClFN8O2S/c1-3-38-9-11-39(12-10-38)21-6-4-19(5-7-21)22-15-24(32)23-17-41(37-26(23)29(22)43-2)28(30(42)36-31-34-8-13-44-31)27-25-14-20(33)16-40(25)18-35-27/h4-8,13,15,17-18,20,28H,3,9-12,14,16H2,1-2H3,(H,34,36,42). The number of nitrogens with zero attached hydrogens (tertiary/aromatic N) is 7. The molecule has 5 aromatic rings. The Kier molecular flexibility index (Phi) is 7.73. The summed E-state index contributed by atoms with van der Waals surface area (Å²) in [6.45, 7) is 7.58. The predicted octanol–water partition coefficient (Wildman–Crippen LogP) is 5.28. The molecule has 2 aromatic carbocycles. The molecule has 13 heteroatoms. The lowest BCUT2D eigenvalue weighted by molar-refractivity contribution is -0.118. The largest absolute Gasteiger partial charge is 0.494 e. The number of hydrogen-bond donors (Lipinski definition) is 1. The van der Waals surface area contributed by atoms with Crippen LogP contribution in [-0.4, -0.2) is 81.1 Å². The number of benzene rings is 2. The van der Waals surface area contributed by atoms with Gasteiger partial charge >= 0.3 is 0 Å². The highest BCUT2D eigenvalue weighted by Crippen LogP contribution is 2.41. The van der Waals surface area contributed by atoms with Gasteiger partial charge in [0.2, 0.25) is 0 Å². The number of alkyl halides is 1. The summed E-state index contributed by atoms with van der Waals surface area (Å²) in [7, 11) is 1.60. The zero-order valence-corrected chi connectivity index (χ0v) is 26.0. The number of aromatic nitrogens is 5. The summed E-state index contributed by atoms with van der Waals surface area (Å²) in [5, 5.41) is 11.1. The normalized spacial score (nSPS) is 17.6. The van der Waals surface area contributed by atoms with Crippen LogP contribution in [0, 0.1) is 0 Å². The van der Waals surface area contributed by atoms with Crippen LogP contribution in [0.1, 0.15) is 24.4 Å². The number of carbonyl (C=O) groups is 1. The Morgan fingerprint density at radius 2 is 2.00 bits per heavy atom. The van der Waals surface area contributed by atoms with Crippen molar-refractivity contribution >= 4 is 50.6 Å². The number of halogens is 2. The average molecular weight is 635 g/mol. The lowest BCUT2D eigenvalue weighted by Crippen LogP contribution is -2.46. The predicted molar refractivity (Wildman–Crippen MR) is 171 cm³/mol. The van der Waals surface area contributed by atoms with E-state index in [4.69, 9.17) is 21.4 Å². The summed E-state index contributed by atoms with van der Waals surface area (Å²) in [5.41, 5.74) is 4.54. The van der Waals surface area contributed by atoms with Gasteiger partial charge in [-0.05, 0) is 30.3 Å². The van der Waals surface area contributed by atoms with Crippen LogP contribution in [0.2, 0.25) is 5.02 Å². The van der Waals surface area contributed by atoms with Crippen LogP contribution in [-0.2, 0) is 17.8 Å². The molecule has 3 aromatic heterocycles. The maximum Gasteiger partial charge on any atom is 0.257 e. The lowest BCUT2D eigenvalue weighted by Gasteiger charge is -2.35. The number of hydrogen-bond acceptors (Lipinski definition) is 8. The average Bonchev–Trinajstić information content (AvgIpc) is 3.84. The van der Waals surface area contributed by atoms with Crippen molar-refractivity contribution in [2.24, 2.45) is 0 Å². The third-order valence-corrected chi connectivity index (χ3v) is 9.51. The van der Waals surface area contributed by atoms with Crippen molar-refractivity contribution < 1.29 is 13.9 Å². The van der Waals surface area contributed by atoms with E-state index >= 15 is 0 Å². The summed E-state index contributed by atoms with van der Waals surface area (Å²) in [6.07, 6.45) is 4.06. The quantitative estimate of drug-likeness (QED) is 0.248. The molecule has 7 rings (SSSR count). The molecule has 0 saturated carbocycles. The van der Waals surface area contributed by atoms with Gasteiger partial charge < -0.3 is 19.1 Å². The Bertz CT molecular complexity index is 1800. The van der Waals surface area contributed by atoms with Gasteiger partial charge in [-0.1, -0.05) is 30.7 Å².